The molecule has 3 aromatic carbocycles. The molecule has 146 valence electrons. The van der Waals surface area contributed by atoms with Gasteiger partial charge in [-0.05, 0) is 5.56 Å². The molecule has 1 aromatic heterocycles. The maximum atomic E-state index is 5.35. The van der Waals surface area contributed by atoms with Crippen molar-refractivity contribution in [2.45, 2.75) is 6.54 Å². The van der Waals surface area contributed by atoms with E-state index in [1.54, 1.807) is 0 Å². The van der Waals surface area contributed by atoms with Gasteiger partial charge in [-0.1, -0.05) is 30.3 Å². The van der Waals surface area contributed by atoms with Crippen molar-refractivity contribution in [2.24, 2.45) is 19.8 Å². The van der Waals surface area contributed by atoms with E-state index >= 15 is 0 Å². The number of aromatic nitrogens is 2. The predicted molar refractivity (Wildman–Crippen MR) is 113 cm³/mol. The first kappa shape index (κ1) is 20.3. The zero-order valence-corrected chi connectivity index (χ0v) is 18.4. The van der Waals surface area contributed by atoms with Gasteiger partial charge in [-0.3, -0.25) is 0 Å². The maximum Gasteiger partial charge on any atom is 0.0178 e. The summed E-state index contributed by atoms with van der Waals surface area (Å²) in [4.78, 5) is 0. The molecule has 0 aliphatic heterocycles. The number of imidazole rings is 1. The Labute approximate surface area is 177 Å². The fourth-order valence-corrected chi connectivity index (χ4v) is 3.69. The quantitative estimate of drug-likeness (QED) is 0.386. The third-order valence-electron chi connectivity index (χ3n) is 4.58. The Hall–Kier alpha value is -2.48. The topological polar surface area (TPSA) is 35.9 Å². The molecule has 3 nitrogen and oxygen atoms in total. The smallest absolute Gasteiger partial charge is 0.0178 e. The van der Waals surface area contributed by atoms with Crippen LogP contribution in [0.2, 0.25) is 0 Å². The number of nitrogens with two attached hydrogens (primary N) is 1. The van der Waals surface area contributed by atoms with Crippen molar-refractivity contribution in [1.29, 1.82) is 0 Å². The summed E-state index contributed by atoms with van der Waals surface area (Å²) < 4.78 is 5.71. The molecular formula is C24H25N3Pt. The predicted octanol–water partition coefficient (Wildman–Crippen LogP) is 4.92. The first-order chi connectivity index (χ1) is 13.6. The van der Waals surface area contributed by atoms with Crippen LogP contribution in [0.4, 0.5) is 0 Å². The SMILES string of the molecule is Cn1c(-c2ccccc2)c(-c2ccccc2)n(C)[c]1=[Pt].NCc1ccccc1. The zero-order chi connectivity index (χ0) is 19.9. The Kier molecular flexibility index (Phi) is 6.97. The summed E-state index contributed by atoms with van der Waals surface area (Å²) in [6.45, 7) is 0.640. The van der Waals surface area contributed by atoms with E-state index in [0.717, 1.165) is 0 Å². The van der Waals surface area contributed by atoms with Gasteiger partial charge in [-0.15, -0.1) is 0 Å². The van der Waals surface area contributed by atoms with Gasteiger partial charge in [-0.25, -0.2) is 0 Å². The molecule has 4 aromatic rings. The molecule has 0 unspecified atom stereocenters. The summed E-state index contributed by atoms with van der Waals surface area (Å²) >= 11 is 2.38. The molecule has 1 heterocycles. The summed E-state index contributed by atoms with van der Waals surface area (Å²) in [6.07, 6.45) is 0. The summed E-state index contributed by atoms with van der Waals surface area (Å²) in [5.41, 5.74) is 11.5. The van der Waals surface area contributed by atoms with Crippen LogP contribution in [0.25, 0.3) is 22.5 Å². The Morgan fingerprint density at radius 3 is 1.32 bits per heavy atom. The van der Waals surface area contributed by atoms with Crippen LogP contribution >= 0.6 is 0 Å². The van der Waals surface area contributed by atoms with Crippen molar-refractivity contribution >= 4 is 0 Å². The van der Waals surface area contributed by atoms with E-state index in [1.165, 1.54) is 31.9 Å². The fraction of sp³-hybridized carbons (Fsp3) is 0.125. The molecule has 4 rings (SSSR count). The maximum absolute atomic E-state index is 5.35. The molecule has 2 N–H and O–H groups in total. The fourth-order valence-electron chi connectivity index (χ4n) is 3.18. The van der Waals surface area contributed by atoms with E-state index in [2.05, 4.69) is 103 Å². The average Bonchev–Trinajstić information content (AvgIpc) is 3.00. The van der Waals surface area contributed by atoms with E-state index in [0.29, 0.717) is 6.54 Å². The van der Waals surface area contributed by atoms with E-state index in [9.17, 15) is 0 Å². The average molecular weight is 551 g/mol. The Morgan fingerprint density at radius 2 is 1.00 bits per heavy atom. The Bertz CT molecular complexity index is 1000. The monoisotopic (exact) mass is 550 g/mol. The molecule has 0 radical (unpaired) electrons. The van der Waals surface area contributed by atoms with E-state index in [4.69, 9.17) is 5.73 Å². The van der Waals surface area contributed by atoms with Gasteiger partial charge in [0.05, 0.1) is 0 Å². The number of nitrogens with zero attached hydrogens (tertiary/aromatic N) is 2. The molecule has 0 aliphatic carbocycles. The number of benzene rings is 3. The van der Waals surface area contributed by atoms with Crippen molar-refractivity contribution in [3.8, 4) is 22.5 Å². The van der Waals surface area contributed by atoms with Gasteiger partial charge >= 0.3 is 130 Å². The van der Waals surface area contributed by atoms with Crippen molar-refractivity contribution in [3.63, 3.8) is 0 Å². The molecule has 0 atom stereocenters. The second-order valence-corrected chi connectivity index (χ2v) is 7.49. The van der Waals surface area contributed by atoms with Gasteiger partial charge < -0.3 is 5.73 Å². The largest absolute Gasteiger partial charge is 0.326 e. The van der Waals surface area contributed by atoms with Gasteiger partial charge in [-0.2, -0.15) is 0 Å². The van der Waals surface area contributed by atoms with E-state index in [-0.39, 0.29) is 0 Å². The molecule has 28 heavy (non-hydrogen) atoms. The third kappa shape index (κ3) is 4.49. The van der Waals surface area contributed by atoms with Crippen LogP contribution < -0.4 is 5.73 Å². The van der Waals surface area contributed by atoms with Crippen LogP contribution in [0.3, 0.4) is 0 Å². The summed E-state index contributed by atoms with van der Waals surface area (Å²) in [6, 6.07) is 31.1. The van der Waals surface area contributed by atoms with E-state index in [1.807, 2.05) is 30.3 Å². The van der Waals surface area contributed by atoms with Crippen LogP contribution in [0.15, 0.2) is 91.0 Å². The van der Waals surface area contributed by atoms with Crippen molar-refractivity contribution in [1.82, 2.24) is 9.13 Å². The van der Waals surface area contributed by atoms with Crippen molar-refractivity contribution < 1.29 is 19.4 Å². The second-order valence-electron chi connectivity index (χ2n) is 6.48. The molecule has 0 saturated carbocycles. The molecular weight excluding hydrogens is 525 g/mol. The molecule has 4 heteroatoms. The van der Waals surface area contributed by atoms with Crippen LogP contribution in [0.5, 0.6) is 0 Å². The van der Waals surface area contributed by atoms with Gasteiger partial charge in [0.2, 0.25) is 0 Å². The summed E-state index contributed by atoms with van der Waals surface area (Å²) in [7, 11) is 4.24. The van der Waals surface area contributed by atoms with Crippen LogP contribution in [-0.2, 0) is 40.0 Å². The summed E-state index contributed by atoms with van der Waals surface area (Å²) in [5, 5.41) is 0. The standard InChI is InChI=1S/C17H16N2.C7H9N.Pt/c1-18-13-19(2)17(15-11-7-4-8-12-15)16(18)14-9-5-3-6-10-14;8-6-7-4-2-1-3-5-7;/h3-12H,1-2H3;1-5H,6,8H2;. The number of hydrogen-bond acceptors (Lipinski definition) is 1. The van der Waals surface area contributed by atoms with Gasteiger partial charge in [0.1, 0.15) is 0 Å². The van der Waals surface area contributed by atoms with Crippen molar-refractivity contribution in [2.75, 3.05) is 0 Å². The minimum Gasteiger partial charge on any atom is -0.326 e. The Balaban J connectivity index is 0.000000236. The molecule has 0 amide bonds. The first-order valence-electron chi connectivity index (χ1n) is 9.19. The molecule has 0 saturated heterocycles. The van der Waals surface area contributed by atoms with E-state index < -0.39 is 0 Å². The zero-order valence-electron chi connectivity index (χ0n) is 16.2. The van der Waals surface area contributed by atoms with Crippen LogP contribution in [0.1, 0.15) is 5.56 Å². The molecule has 0 aliphatic rings. The van der Waals surface area contributed by atoms with Crippen LogP contribution in [0, 0.1) is 3.80 Å². The van der Waals surface area contributed by atoms with Gasteiger partial charge in [0.25, 0.3) is 0 Å². The molecule has 0 fully saturated rings. The summed E-state index contributed by atoms with van der Waals surface area (Å²) in [5.74, 6) is 0. The first-order valence-corrected chi connectivity index (χ1v) is 10.3. The number of rotatable bonds is 3. The molecule has 0 spiro atoms. The number of hydrogen-bond donors (Lipinski definition) is 1. The third-order valence-corrected chi connectivity index (χ3v) is 6.10. The normalized spacial score (nSPS) is 10.3. The minimum atomic E-state index is 0.640. The van der Waals surface area contributed by atoms with Crippen LogP contribution in [-0.4, -0.2) is 9.13 Å². The van der Waals surface area contributed by atoms with Gasteiger partial charge in [0.15, 0.2) is 0 Å². The van der Waals surface area contributed by atoms with Gasteiger partial charge in [0, 0.05) is 6.54 Å². The van der Waals surface area contributed by atoms with Crippen molar-refractivity contribution in [3.05, 3.63) is 100 Å². The molecule has 0 bridgehead atoms. The minimum absolute atomic E-state index is 0.640. The second kappa shape index (κ2) is 9.63. The Morgan fingerprint density at radius 1 is 0.643 bits per heavy atom.